The Hall–Kier alpha value is 0.0469. The molecule has 0 aliphatic carbocycles. The Labute approximate surface area is 192 Å². The largest absolute Gasteiger partial charge is 0.417 e. The average molecular weight is 530 g/mol. The number of alkyl halides is 1. The van der Waals surface area contributed by atoms with Crippen molar-refractivity contribution in [3.05, 3.63) is 41.8 Å². The van der Waals surface area contributed by atoms with Crippen molar-refractivity contribution in [2.45, 2.75) is 90.0 Å². The van der Waals surface area contributed by atoms with Gasteiger partial charge in [0.2, 0.25) is 0 Å². The van der Waals surface area contributed by atoms with E-state index in [2.05, 4.69) is 94.6 Å². The van der Waals surface area contributed by atoms with Crippen molar-refractivity contribution in [2.75, 3.05) is 11.0 Å². The first-order chi connectivity index (χ1) is 13.4. The summed E-state index contributed by atoms with van der Waals surface area (Å²) in [6, 6.07) is 10.4. The standard InChI is InChI=1S/C24H38IO3Si/c1-22(2,3)29(6,7)27-14-13-20-23(4,5)21-19(15-24(20,17-25)28-21)26-16-18-11-9-8-10-12-18/h8-12,19,21H,13-17H2,1-7H3/t19-,21-,24-/m0/s1. The molecule has 5 heteroatoms. The molecule has 3 atom stereocenters. The second-order valence-electron chi connectivity index (χ2n) is 10.8. The Bertz CT molecular complexity index is 685. The first-order valence-corrected chi connectivity index (χ1v) is 15.3. The van der Waals surface area contributed by atoms with Gasteiger partial charge in [-0.25, -0.2) is 0 Å². The Kier molecular flexibility index (Phi) is 6.97. The van der Waals surface area contributed by atoms with Gasteiger partial charge in [-0.05, 0) is 30.1 Å². The molecule has 2 fully saturated rings. The molecular weight excluding hydrogens is 491 g/mol. The molecular formula is C24H38IO3Si. The molecule has 3 nitrogen and oxygen atoms in total. The van der Waals surface area contributed by atoms with Gasteiger partial charge in [0.25, 0.3) is 0 Å². The topological polar surface area (TPSA) is 27.7 Å². The summed E-state index contributed by atoms with van der Waals surface area (Å²) in [7, 11) is -1.72. The fraction of sp³-hybridized carbons (Fsp3) is 0.708. The van der Waals surface area contributed by atoms with Gasteiger partial charge in [0.05, 0.1) is 24.4 Å². The molecule has 1 radical (unpaired) electrons. The summed E-state index contributed by atoms with van der Waals surface area (Å²) in [5.41, 5.74) is 1.08. The molecule has 3 rings (SSSR count). The van der Waals surface area contributed by atoms with Gasteiger partial charge in [-0.2, -0.15) is 0 Å². The maximum absolute atomic E-state index is 6.67. The molecule has 0 amide bonds. The quantitative estimate of drug-likeness (QED) is 0.217. The third-order valence-electron chi connectivity index (χ3n) is 7.40. The molecule has 0 unspecified atom stereocenters. The minimum Gasteiger partial charge on any atom is -0.417 e. The lowest BCUT2D eigenvalue weighted by molar-refractivity contribution is -0.0481. The van der Waals surface area contributed by atoms with E-state index in [9.17, 15) is 0 Å². The van der Waals surface area contributed by atoms with E-state index in [0.29, 0.717) is 6.61 Å². The van der Waals surface area contributed by atoms with Crippen LogP contribution in [0.15, 0.2) is 30.3 Å². The van der Waals surface area contributed by atoms with E-state index in [1.165, 1.54) is 11.5 Å². The maximum atomic E-state index is 6.67. The first-order valence-electron chi connectivity index (χ1n) is 10.8. The molecule has 2 aliphatic rings. The number of benzene rings is 1. The summed E-state index contributed by atoms with van der Waals surface area (Å²) < 4.78 is 20.5. The molecule has 29 heavy (non-hydrogen) atoms. The highest BCUT2D eigenvalue weighted by atomic mass is 127. The first kappa shape index (κ1) is 23.7. The predicted octanol–water partition coefficient (Wildman–Crippen LogP) is 6.56. The smallest absolute Gasteiger partial charge is 0.191 e. The van der Waals surface area contributed by atoms with Crippen molar-refractivity contribution in [2.24, 2.45) is 5.41 Å². The lowest BCUT2D eigenvalue weighted by Crippen LogP contribution is -2.49. The van der Waals surface area contributed by atoms with Crippen molar-refractivity contribution in [1.29, 1.82) is 0 Å². The van der Waals surface area contributed by atoms with Crippen LogP contribution < -0.4 is 0 Å². The zero-order chi connectivity index (χ0) is 21.5. The monoisotopic (exact) mass is 529 g/mol. The summed E-state index contributed by atoms with van der Waals surface area (Å²) in [6.07, 6.45) is 2.24. The van der Waals surface area contributed by atoms with Crippen LogP contribution in [0.3, 0.4) is 0 Å². The van der Waals surface area contributed by atoms with E-state index in [1.807, 2.05) is 6.07 Å². The SMILES string of the molecule is CC1(C)[C](CCO[Si](C)(C)C(C)(C)C)[C@@]2(CI)C[C@H](OCc3ccccc3)[C@@H]1O2. The fourth-order valence-electron chi connectivity index (χ4n) is 4.63. The lowest BCUT2D eigenvalue weighted by Gasteiger charge is -2.43. The average Bonchev–Trinajstić information content (AvgIpc) is 3.13. The van der Waals surface area contributed by atoms with E-state index in [1.54, 1.807) is 0 Å². The number of ether oxygens (including phenoxy) is 2. The van der Waals surface area contributed by atoms with Crippen LogP contribution in [0.5, 0.6) is 0 Å². The number of fused-ring (bicyclic) bond motifs is 2. The molecule has 0 saturated carbocycles. The van der Waals surface area contributed by atoms with Crippen LogP contribution in [0.25, 0.3) is 0 Å². The van der Waals surface area contributed by atoms with Gasteiger partial charge < -0.3 is 13.9 Å². The van der Waals surface area contributed by atoms with E-state index in [-0.39, 0.29) is 28.3 Å². The molecule has 0 spiro atoms. The van der Waals surface area contributed by atoms with Gasteiger partial charge in [0.1, 0.15) is 0 Å². The van der Waals surface area contributed by atoms with Gasteiger partial charge in [-0.15, -0.1) is 0 Å². The highest BCUT2D eigenvalue weighted by Crippen LogP contribution is 2.61. The molecule has 2 aliphatic heterocycles. The van der Waals surface area contributed by atoms with Crippen molar-refractivity contribution >= 4 is 30.9 Å². The van der Waals surface area contributed by atoms with E-state index in [4.69, 9.17) is 13.9 Å². The van der Waals surface area contributed by atoms with Gasteiger partial charge in [-0.3, -0.25) is 0 Å². The Morgan fingerprint density at radius 3 is 2.41 bits per heavy atom. The second kappa shape index (κ2) is 8.53. The molecule has 2 bridgehead atoms. The van der Waals surface area contributed by atoms with Crippen LogP contribution in [0, 0.1) is 11.3 Å². The zero-order valence-electron chi connectivity index (χ0n) is 19.2. The highest BCUT2D eigenvalue weighted by Gasteiger charge is 2.66. The molecule has 0 aromatic heterocycles. The number of hydrogen-bond acceptors (Lipinski definition) is 3. The van der Waals surface area contributed by atoms with E-state index in [0.717, 1.165) is 23.9 Å². The molecule has 1 aromatic rings. The van der Waals surface area contributed by atoms with Gasteiger partial charge in [-0.1, -0.05) is 87.5 Å². The molecule has 1 aromatic carbocycles. The number of halogens is 1. The fourth-order valence-corrected chi connectivity index (χ4v) is 6.63. The Morgan fingerprint density at radius 2 is 1.83 bits per heavy atom. The predicted molar refractivity (Wildman–Crippen MR) is 131 cm³/mol. The molecule has 2 saturated heterocycles. The Morgan fingerprint density at radius 1 is 1.17 bits per heavy atom. The van der Waals surface area contributed by atoms with Crippen molar-refractivity contribution in [1.82, 2.24) is 0 Å². The summed E-state index contributed by atoms with van der Waals surface area (Å²) in [5, 5.41) is 0.246. The molecule has 0 N–H and O–H groups in total. The van der Waals surface area contributed by atoms with Crippen molar-refractivity contribution in [3.63, 3.8) is 0 Å². The van der Waals surface area contributed by atoms with Crippen LogP contribution in [-0.4, -0.2) is 37.2 Å². The van der Waals surface area contributed by atoms with Crippen LogP contribution in [-0.2, 0) is 20.5 Å². The molecule has 2 heterocycles. The van der Waals surface area contributed by atoms with Crippen molar-refractivity contribution < 1.29 is 13.9 Å². The molecule has 163 valence electrons. The Balaban J connectivity index is 1.64. The van der Waals surface area contributed by atoms with Crippen LogP contribution in [0.1, 0.15) is 53.0 Å². The highest BCUT2D eigenvalue weighted by molar-refractivity contribution is 14.1. The minimum atomic E-state index is -1.72. The van der Waals surface area contributed by atoms with Crippen LogP contribution in [0.4, 0.5) is 0 Å². The summed E-state index contributed by atoms with van der Waals surface area (Å²) >= 11 is 2.50. The summed E-state index contributed by atoms with van der Waals surface area (Å²) in [4.78, 5) is 0. The van der Waals surface area contributed by atoms with Gasteiger partial charge >= 0.3 is 0 Å². The number of rotatable bonds is 8. The lowest BCUT2D eigenvalue weighted by atomic mass is 9.62. The number of hydrogen-bond donors (Lipinski definition) is 0. The van der Waals surface area contributed by atoms with Crippen LogP contribution >= 0.6 is 22.6 Å². The second-order valence-corrected chi connectivity index (χ2v) is 16.3. The normalized spacial score (nSPS) is 29.5. The van der Waals surface area contributed by atoms with Gasteiger partial charge in [0, 0.05) is 28.8 Å². The van der Waals surface area contributed by atoms with Gasteiger partial charge in [0.15, 0.2) is 8.32 Å². The zero-order valence-corrected chi connectivity index (χ0v) is 22.3. The van der Waals surface area contributed by atoms with E-state index >= 15 is 0 Å². The summed E-state index contributed by atoms with van der Waals surface area (Å²) in [6.45, 7) is 17.7. The van der Waals surface area contributed by atoms with Crippen molar-refractivity contribution in [3.8, 4) is 0 Å². The van der Waals surface area contributed by atoms with E-state index < -0.39 is 8.32 Å². The third-order valence-corrected chi connectivity index (χ3v) is 13.2. The minimum absolute atomic E-state index is 0.0154. The third kappa shape index (κ3) is 4.64. The summed E-state index contributed by atoms with van der Waals surface area (Å²) in [5.74, 6) is 1.53. The maximum Gasteiger partial charge on any atom is 0.191 e. The van der Waals surface area contributed by atoms with Crippen LogP contribution in [0.2, 0.25) is 18.1 Å².